The van der Waals surface area contributed by atoms with Crippen molar-refractivity contribution >= 4 is 10.8 Å². The zero-order valence-corrected chi connectivity index (χ0v) is 12.3. The van der Waals surface area contributed by atoms with Crippen LogP contribution >= 0.6 is 0 Å². The first-order valence-electron chi connectivity index (χ1n) is 7.77. The average Bonchev–Trinajstić information content (AvgIpc) is 3.00. The molecule has 1 N–H and O–H groups in total. The SMILES string of the molecule is CC(NCCN1CCCC1)c1ccc2ccccc2c1. The summed E-state index contributed by atoms with van der Waals surface area (Å²) in [5, 5.41) is 6.30. The van der Waals surface area contributed by atoms with Gasteiger partial charge in [-0.2, -0.15) is 0 Å². The van der Waals surface area contributed by atoms with Gasteiger partial charge in [-0.3, -0.25) is 0 Å². The standard InChI is InChI=1S/C18H24N2/c1-15(19-10-13-20-11-4-5-12-20)17-9-8-16-6-2-3-7-18(16)14-17/h2-3,6-9,14-15,19H,4-5,10-13H2,1H3. The maximum atomic E-state index is 3.65. The minimum Gasteiger partial charge on any atom is -0.309 e. The first kappa shape index (κ1) is 13.6. The lowest BCUT2D eigenvalue weighted by Crippen LogP contribution is -2.31. The van der Waals surface area contributed by atoms with Gasteiger partial charge in [-0.05, 0) is 55.3 Å². The lowest BCUT2D eigenvalue weighted by molar-refractivity contribution is 0.330. The van der Waals surface area contributed by atoms with Gasteiger partial charge in [0.05, 0.1) is 0 Å². The predicted molar refractivity (Wildman–Crippen MR) is 86.0 cm³/mol. The van der Waals surface area contributed by atoms with Crippen LogP contribution in [0.2, 0.25) is 0 Å². The fourth-order valence-electron chi connectivity index (χ4n) is 3.04. The number of rotatable bonds is 5. The molecule has 2 heteroatoms. The van der Waals surface area contributed by atoms with E-state index in [-0.39, 0.29) is 0 Å². The second-order valence-electron chi connectivity index (χ2n) is 5.83. The van der Waals surface area contributed by atoms with E-state index in [0.717, 1.165) is 6.54 Å². The minimum absolute atomic E-state index is 0.419. The molecular weight excluding hydrogens is 244 g/mol. The normalized spacial score (nSPS) is 17.6. The molecule has 3 rings (SSSR count). The van der Waals surface area contributed by atoms with Crippen LogP contribution in [0.1, 0.15) is 31.4 Å². The Balaban J connectivity index is 1.58. The Morgan fingerprint density at radius 2 is 1.80 bits per heavy atom. The van der Waals surface area contributed by atoms with E-state index in [1.807, 2.05) is 0 Å². The third-order valence-corrected chi connectivity index (χ3v) is 4.35. The van der Waals surface area contributed by atoms with Crippen molar-refractivity contribution in [3.8, 4) is 0 Å². The van der Waals surface area contributed by atoms with E-state index in [4.69, 9.17) is 0 Å². The fraction of sp³-hybridized carbons (Fsp3) is 0.444. The molecule has 1 aliphatic rings. The molecule has 2 nitrogen and oxygen atoms in total. The van der Waals surface area contributed by atoms with E-state index >= 15 is 0 Å². The van der Waals surface area contributed by atoms with E-state index in [9.17, 15) is 0 Å². The summed E-state index contributed by atoms with van der Waals surface area (Å²) in [4.78, 5) is 2.56. The molecule has 1 atom stereocenters. The van der Waals surface area contributed by atoms with Crippen molar-refractivity contribution in [2.75, 3.05) is 26.2 Å². The van der Waals surface area contributed by atoms with E-state index in [2.05, 4.69) is 59.6 Å². The quantitative estimate of drug-likeness (QED) is 0.891. The van der Waals surface area contributed by atoms with Crippen LogP contribution < -0.4 is 5.32 Å². The van der Waals surface area contributed by atoms with Crippen LogP contribution in [0.3, 0.4) is 0 Å². The molecule has 0 aliphatic carbocycles. The monoisotopic (exact) mass is 268 g/mol. The van der Waals surface area contributed by atoms with E-state index in [1.54, 1.807) is 0 Å². The summed E-state index contributed by atoms with van der Waals surface area (Å²) in [5.74, 6) is 0. The number of benzene rings is 2. The molecule has 1 unspecified atom stereocenters. The molecule has 1 fully saturated rings. The second kappa shape index (κ2) is 6.38. The molecule has 0 spiro atoms. The molecule has 2 aromatic rings. The van der Waals surface area contributed by atoms with Crippen molar-refractivity contribution in [3.63, 3.8) is 0 Å². The van der Waals surface area contributed by atoms with E-state index < -0.39 is 0 Å². The highest BCUT2D eigenvalue weighted by Crippen LogP contribution is 2.20. The Labute approximate surface area is 121 Å². The van der Waals surface area contributed by atoms with Crippen LogP contribution in [0.4, 0.5) is 0 Å². The van der Waals surface area contributed by atoms with Gasteiger partial charge in [0.25, 0.3) is 0 Å². The summed E-state index contributed by atoms with van der Waals surface area (Å²) in [6.07, 6.45) is 2.75. The number of fused-ring (bicyclic) bond motifs is 1. The highest BCUT2D eigenvalue weighted by molar-refractivity contribution is 5.83. The van der Waals surface area contributed by atoms with Crippen LogP contribution in [0.5, 0.6) is 0 Å². The van der Waals surface area contributed by atoms with Gasteiger partial charge in [-0.1, -0.05) is 36.4 Å². The number of hydrogen-bond acceptors (Lipinski definition) is 2. The van der Waals surface area contributed by atoms with E-state index in [1.165, 1.54) is 48.8 Å². The van der Waals surface area contributed by atoms with Gasteiger partial charge >= 0.3 is 0 Å². The molecule has 0 bridgehead atoms. The Bertz CT molecular complexity index is 558. The summed E-state index contributed by atoms with van der Waals surface area (Å²) >= 11 is 0. The molecule has 1 aliphatic heterocycles. The smallest absolute Gasteiger partial charge is 0.0292 e. The topological polar surface area (TPSA) is 15.3 Å². The van der Waals surface area contributed by atoms with Gasteiger partial charge in [0.2, 0.25) is 0 Å². The van der Waals surface area contributed by atoms with Crippen LogP contribution in [-0.4, -0.2) is 31.1 Å². The highest BCUT2D eigenvalue weighted by atomic mass is 15.1. The first-order valence-corrected chi connectivity index (χ1v) is 7.77. The molecule has 0 aromatic heterocycles. The summed E-state index contributed by atoms with van der Waals surface area (Å²) in [5.41, 5.74) is 1.38. The summed E-state index contributed by atoms with van der Waals surface area (Å²) in [6, 6.07) is 15.8. The van der Waals surface area contributed by atoms with Crippen LogP contribution in [0, 0.1) is 0 Å². The predicted octanol–water partition coefficient (Wildman–Crippen LogP) is 3.59. The molecule has 0 saturated carbocycles. The number of hydrogen-bond donors (Lipinski definition) is 1. The molecule has 1 saturated heterocycles. The van der Waals surface area contributed by atoms with Crippen molar-refractivity contribution in [3.05, 3.63) is 48.0 Å². The third kappa shape index (κ3) is 3.20. The second-order valence-corrected chi connectivity index (χ2v) is 5.83. The number of likely N-dealkylation sites (tertiary alicyclic amines) is 1. The Kier molecular flexibility index (Phi) is 4.34. The van der Waals surface area contributed by atoms with Gasteiger partial charge in [-0.15, -0.1) is 0 Å². The Morgan fingerprint density at radius 1 is 1.05 bits per heavy atom. The lowest BCUT2D eigenvalue weighted by Gasteiger charge is -2.19. The lowest BCUT2D eigenvalue weighted by atomic mass is 10.0. The van der Waals surface area contributed by atoms with Gasteiger partial charge < -0.3 is 10.2 Å². The maximum absolute atomic E-state index is 3.65. The Morgan fingerprint density at radius 3 is 2.60 bits per heavy atom. The molecular formula is C18H24N2. The maximum Gasteiger partial charge on any atom is 0.0292 e. The number of nitrogens with zero attached hydrogens (tertiary/aromatic N) is 1. The van der Waals surface area contributed by atoms with Gasteiger partial charge in [0.1, 0.15) is 0 Å². The molecule has 0 amide bonds. The molecule has 106 valence electrons. The summed E-state index contributed by atoms with van der Waals surface area (Å²) < 4.78 is 0. The van der Waals surface area contributed by atoms with E-state index in [0.29, 0.717) is 6.04 Å². The summed E-state index contributed by atoms with van der Waals surface area (Å²) in [7, 11) is 0. The minimum atomic E-state index is 0.419. The van der Waals surface area contributed by atoms with Crippen molar-refractivity contribution in [2.45, 2.75) is 25.8 Å². The fourth-order valence-corrected chi connectivity index (χ4v) is 3.04. The van der Waals surface area contributed by atoms with Crippen LogP contribution in [-0.2, 0) is 0 Å². The summed E-state index contributed by atoms with van der Waals surface area (Å²) in [6.45, 7) is 7.08. The van der Waals surface area contributed by atoms with Gasteiger partial charge in [0.15, 0.2) is 0 Å². The highest BCUT2D eigenvalue weighted by Gasteiger charge is 2.11. The third-order valence-electron chi connectivity index (χ3n) is 4.35. The number of nitrogens with one attached hydrogen (secondary N) is 1. The largest absolute Gasteiger partial charge is 0.309 e. The molecule has 20 heavy (non-hydrogen) atoms. The molecule has 1 heterocycles. The Hall–Kier alpha value is -1.38. The molecule has 0 radical (unpaired) electrons. The van der Waals surface area contributed by atoms with Crippen molar-refractivity contribution < 1.29 is 0 Å². The zero-order chi connectivity index (χ0) is 13.8. The average molecular weight is 268 g/mol. The molecule has 2 aromatic carbocycles. The van der Waals surface area contributed by atoms with Crippen LogP contribution in [0.15, 0.2) is 42.5 Å². The first-order chi connectivity index (χ1) is 9.83. The van der Waals surface area contributed by atoms with Crippen molar-refractivity contribution in [2.24, 2.45) is 0 Å². The zero-order valence-electron chi connectivity index (χ0n) is 12.3. The van der Waals surface area contributed by atoms with Gasteiger partial charge in [0, 0.05) is 19.1 Å². The van der Waals surface area contributed by atoms with Gasteiger partial charge in [-0.25, -0.2) is 0 Å². The van der Waals surface area contributed by atoms with Crippen LogP contribution in [0.25, 0.3) is 10.8 Å². The van der Waals surface area contributed by atoms with Crippen molar-refractivity contribution in [1.29, 1.82) is 0 Å². The van der Waals surface area contributed by atoms with Crippen molar-refractivity contribution in [1.82, 2.24) is 10.2 Å².